The molecular weight excluding hydrogens is 348 g/mol. The number of carbonyl (C=O) groups is 4. The number of hydrogen-bond acceptors (Lipinski definition) is 5. The van der Waals surface area contributed by atoms with Crippen molar-refractivity contribution in [1.29, 1.82) is 0 Å². The van der Waals surface area contributed by atoms with Gasteiger partial charge in [-0.05, 0) is 37.5 Å². The molecule has 0 bridgehead atoms. The first-order valence-electron chi connectivity index (χ1n) is 9.25. The Kier molecular flexibility index (Phi) is 6.71. The highest BCUT2D eigenvalue weighted by Crippen LogP contribution is 2.24. The number of nitrogens with zero attached hydrogens (tertiary/aromatic N) is 1. The molecule has 1 atom stereocenters. The minimum Gasteiger partial charge on any atom is -0.449 e. The Hall–Kier alpha value is -2.70. The first kappa shape index (κ1) is 20.6. The standard InChI is InChI=1S/C20H26N2O5/c1-5-6-9-22-18(24)15-8-7-14(10-16(15)19(22)25)20(26)27-13(4)17(23)21-11-12(2)3/h7-8,10,12-13H,5-6,9,11H2,1-4H3,(H,21,23)/t13-/m1/s1. The van der Waals surface area contributed by atoms with E-state index in [-0.39, 0.29) is 34.4 Å². The number of unbranched alkanes of at least 4 members (excludes halogenated alkanes) is 1. The van der Waals surface area contributed by atoms with Crippen LogP contribution in [-0.2, 0) is 9.53 Å². The van der Waals surface area contributed by atoms with Gasteiger partial charge in [0.1, 0.15) is 0 Å². The van der Waals surface area contributed by atoms with Gasteiger partial charge < -0.3 is 10.1 Å². The summed E-state index contributed by atoms with van der Waals surface area (Å²) in [6.45, 7) is 8.24. The first-order chi connectivity index (χ1) is 12.8. The molecule has 7 heteroatoms. The predicted octanol–water partition coefficient (Wildman–Crippen LogP) is 2.40. The van der Waals surface area contributed by atoms with E-state index in [1.54, 1.807) is 0 Å². The molecule has 0 aromatic heterocycles. The smallest absolute Gasteiger partial charge is 0.338 e. The number of hydrogen-bond donors (Lipinski definition) is 1. The monoisotopic (exact) mass is 374 g/mol. The van der Waals surface area contributed by atoms with Crippen LogP contribution in [0.5, 0.6) is 0 Å². The summed E-state index contributed by atoms with van der Waals surface area (Å²) >= 11 is 0. The molecule has 0 spiro atoms. The average Bonchev–Trinajstić information content (AvgIpc) is 2.87. The highest BCUT2D eigenvalue weighted by atomic mass is 16.5. The minimum absolute atomic E-state index is 0.135. The highest BCUT2D eigenvalue weighted by molar-refractivity contribution is 6.22. The topological polar surface area (TPSA) is 92.8 Å². The molecule has 0 radical (unpaired) electrons. The van der Waals surface area contributed by atoms with Crippen molar-refractivity contribution < 1.29 is 23.9 Å². The summed E-state index contributed by atoms with van der Waals surface area (Å²) in [7, 11) is 0. The zero-order valence-electron chi connectivity index (χ0n) is 16.2. The Morgan fingerprint density at radius 2 is 1.78 bits per heavy atom. The summed E-state index contributed by atoms with van der Waals surface area (Å²) in [5, 5.41) is 2.70. The number of amides is 3. The fourth-order valence-corrected chi connectivity index (χ4v) is 2.67. The maximum Gasteiger partial charge on any atom is 0.338 e. The Morgan fingerprint density at radius 1 is 1.11 bits per heavy atom. The van der Waals surface area contributed by atoms with Gasteiger partial charge in [0.2, 0.25) is 0 Å². The van der Waals surface area contributed by atoms with Crippen molar-refractivity contribution in [3.63, 3.8) is 0 Å². The largest absolute Gasteiger partial charge is 0.449 e. The van der Waals surface area contributed by atoms with Crippen LogP contribution in [0.1, 0.15) is 71.6 Å². The van der Waals surface area contributed by atoms with Gasteiger partial charge in [0.15, 0.2) is 6.10 Å². The number of carbonyl (C=O) groups excluding carboxylic acids is 4. The minimum atomic E-state index is -0.956. The van der Waals surface area contributed by atoms with Gasteiger partial charge in [-0.25, -0.2) is 4.79 Å². The van der Waals surface area contributed by atoms with Gasteiger partial charge in [-0.2, -0.15) is 0 Å². The second-order valence-corrected chi connectivity index (χ2v) is 7.06. The van der Waals surface area contributed by atoms with Gasteiger partial charge in [-0.15, -0.1) is 0 Å². The molecule has 1 heterocycles. The summed E-state index contributed by atoms with van der Waals surface area (Å²) in [4.78, 5) is 50.3. The average molecular weight is 374 g/mol. The van der Waals surface area contributed by atoms with Gasteiger partial charge in [-0.3, -0.25) is 19.3 Å². The Morgan fingerprint density at radius 3 is 2.41 bits per heavy atom. The molecule has 0 unspecified atom stereocenters. The lowest BCUT2D eigenvalue weighted by Crippen LogP contribution is -2.37. The fourth-order valence-electron chi connectivity index (χ4n) is 2.67. The van der Waals surface area contributed by atoms with Gasteiger partial charge in [0, 0.05) is 13.1 Å². The normalized spacial score (nSPS) is 14.3. The number of nitrogens with one attached hydrogen (secondary N) is 1. The fraction of sp³-hybridized carbons (Fsp3) is 0.500. The lowest BCUT2D eigenvalue weighted by atomic mass is 10.1. The summed E-state index contributed by atoms with van der Waals surface area (Å²) in [5.74, 6) is -1.55. The molecule has 27 heavy (non-hydrogen) atoms. The Bertz CT molecular complexity index is 757. The highest BCUT2D eigenvalue weighted by Gasteiger charge is 2.35. The van der Waals surface area contributed by atoms with Crippen molar-refractivity contribution in [3.05, 3.63) is 34.9 Å². The third-order valence-electron chi connectivity index (χ3n) is 4.28. The van der Waals surface area contributed by atoms with Crippen LogP contribution in [-0.4, -0.2) is 47.8 Å². The molecule has 1 aliphatic heterocycles. The van der Waals surface area contributed by atoms with Gasteiger partial charge in [0.05, 0.1) is 16.7 Å². The third-order valence-corrected chi connectivity index (χ3v) is 4.28. The molecule has 2 rings (SSSR count). The lowest BCUT2D eigenvalue weighted by molar-refractivity contribution is -0.129. The number of imide groups is 1. The molecule has 1 N–H and O–H groups in total. The molecule has 0 saturated carbocycles. The van der Waals surface area contributed by atoms with Crippen molar-refractivity contribution in [2.45, 2.75) is 46.6 Å². The summed E-state index contributed by atoms with van der Waals surface area (Å²) in [5.41, 5.74) is 0.619. The van der Waals surface area contributed by atoms with E-state index >= 15 is 0 Å². The number of ether oxygens (including phenoxy) is 1. The number of benzene rings is 1. The van der Waals surface area contributed by atoms with Crippen molar-refractivity contribution >= 4 is 23.7 Å². The van der Waals surface area contributed by atoms with E-state index in [9.17, 15) is 19.2 Å². The lowest BCUT2D eigenvalue weighted by Gasteiger charge is -2.14. The maximum absolute atomic E-state index is 12.5. The molecular formula is C20H26N2O5. The zero-order valence-corrected chi connectivity index (χ0v) is 16.2. The van der Waals surface area contributed by atoms with Crippen molar-refractivity contribution in [1.82, 2.24) is 10.2 Å². The SMILES string of the molecule is CCCCN1C(=O)c2ccc(C(=O)O[C@H](C)C(=O)NCC(C)C)cc2C1=O. The summed E-state index contributed by atoms with van der Waals surface area (Å²) in [6.07, 6.45) is 0.633. The van der Waals surface area contributed by atoms with Crippen LogP contribution in [0.2, 0.25) is 0 Å². The first-order valence-corrected chi connectivity index (χ1v) is 9.25. The third kappa shape index (κ3) is 4.72. The van der Waals surface area contributed by atoms with Gasteiger partial charge in [0.25, 0.3) is 17.7 Å². The quantitative estimate of drug-likeness (QED) is 0.557. The number of fused-ring (bicyclic) bond motifs is 1. The van der Waals surface area contributed by atoms with Crippen LogP contribution in [0, 0.1) is 5.92 Å². The maximum atomic E-state index is 12.5. The summed E-state index contributed by atoms with van der Waals surface area (Å²) in [6, 6.07) is 4.26. The van der Waals surface area contributed by atoms with E-state index in [1.165, 1.54) is 30.0 Å². The molecule has 1 aromatic rings. The van der Waals surface area contributed by atoms with Crippen molar-refractivity contribution in [2.75, 3.05) is 13.1 Å². The van der Waals surface area contributed by atoms with E-state index in [0.717, 1.165) is 12.8 Å². The van der Waals surface area contributed by atoms with E-state index in [4.69, 9.17) is 4.74 Å². The molecule has 1 aliphatic rings. The van der Waals surface area contributed by atoms with Crippen molar-refractivity contribution in [2.24, 2.45) is 5.92 Å². The van der Waals surface area contributed by atoms with Crippen LogP contribution < -0.4 is 5.32 Å². The summed E-state index contributed by atoms with van der Waals surface area (Å²) < 4.78 is 5.18. The van der Waals surface area contributed by atoms with E-state index < -0.39 is 18.0 Å². The van der Waals surface area contributed by atoms with E-state index in [1.807, 2.05) is 20.8 Å². The molecule has 7 nitrogen and oxygen atoms in total. The van der Waals surface area contributed by atoms with Gasteiger partial charge >= 0.3 is 5.97 Å². The molecule has 0 saturated heterocycles. The molecule has 1 aromatic carbocycles. The van der Waals surface area contributed by atoms with Crippen LogP contribution >= 0.6 is 0 Å². The van der Waals surface area contributed by atoms with Crippen LogP contribution in [0.15, 0.2) is 18.2 Å². The number of esters is 1. The van der Waals surface area contributed by atoms with Gasteiger partial charge in [-0.1, -0.05) is 27.2 Å². The molecule has 0 aliphatic carbocycles. The molecule has 3 amide bonds. The second kappa shape index (κ2) is 8.79. The zero-order chi connectivity index (χ0) is 20.1. The van der Waals surface area contributed by atoms with E-state index in [0.29, 0.717) is 13.1 Å². The van der Waals surface area contributed by atoms with Crippen LogP contribution in [0.4, 0.5) is 0 Å². The molecule has 0 fully saturated rings. The Labute approximate surface area is 159 Å². The van der Waals surface area contributed by atoms with Crippen LogP contribution in [0.25, 0.3) is 0 Å². The van der Waals surface area contributed by atoms with Crippen LogP contribution in [0.3, 0.4) is 0 Å². The van der Waals surface area contributed by atoms with Crippen molar-refractivity contribution in [3.8, 4) is 0 Å². The predicted molar refractivity (Wildman–Crippen MR) is 99.4 cm³/mol. The van der Waals surface area contributed by atoms with E-state index in [2.05, 4.69) is 5.32 Å². The number of rotatable bonds is 8. The second-order valence-electron chi connectivity index (χ2n) is 7.06. The molecule has 146 valence electrons. The Balaban J connectivity index is 2.08.